The summed E-state index contributed by atoms with van der Waals surface area (Å²) >= 11 is 0. The molecular weight excluding hydrogens is 322 g/mol. The van der Waals surface area contributed by atoms with Crippen molar-refractivity contribution in [3.63, 3.8) is 0 Å². The summed E-state index contributed by atoms with van der Waals surface area (Å²) in [6, 6.07) is 16.0. The average Bonchev–Trinajstić information content (AvgIpc) is 2.90. The Hall–Kier alpha value is -2.46. The van der Waals surface area contributed by atoms with Crippen LogP contribution in [-0.2, 0) is 4.79 Å². The van der Waals surface area contributed by atoms with E-state index in [1.807, 2.05) is 60.4 Å². The van der Waals surface area contributed by atoms with Crippen LogP contribution >= 0.6 is 0 Å². The Morgan fingerprint density at radius 2 is 1.88 bits per heavy atom. The highest BCUT2D eigenvalue weighted by atomic mass is 16.2. The van der Waals surface area contributed by atoms with Crippen molar-refractivity contribution in [2.75, 3.05) is 24.7 Å². The van der Waals surface area contributed by atoms with Crippen molar-refractivity contribution in [1.29, 1.82) is 0 Å². The molecule has 2 heterocycles. The molecule has 1 saturated heterocycles. The summed E-state index contributed by atoms with van der Waals surface area (Å²) < 4.78 is 0. The van der Waals surface area contributed by atoms with Crippen LogP contribution in [0.15, 0.2) is 53.5 Å². The number of piperidine rings is 1. The molecule has 4 rings (SSSR count). The number of likely N-dealkylation sites (tertiary alicyclic amines) is 1. The Morgan fingerprint density at radius 1 is 1.12 bits per heavy atom. The highest BCUT2D eigenvalue weighted by Crippen LogP contribution is 2.31. The van der Waals surface area contributed by atoms with E-state index in [1.54, 1.807) is 0 Å². The first-order chi connectivity index (χ1) is 12.6. The molecule has 0 aliphatic carbocycles. The van der Waals surface area contributed by atoms with Gasteiger partial charge in [0.2, 0.25) is 0 Å². The quantitative estimate of drug-likeness (QED) is 0.836. The molecule has 2 aromatic carbocycles. The van der Waals surface area contributed by atoms with Gasteiger partial charge in [-0.05, 0) is 50.4 Å². The lowest BCUT2D eigenvalue weighted by Gasteiger charge is -2.33. The fourth-order valence-electron chi connectivity index (χ4n) is 3.87. The van der Waals surface area contributed by atoms with E-state index in [9.17, 15) is 4.79 Å². The summed E-state index contributed by atoms with van der Waals surface area (Å²) in [7, 11) is 0. The van der Waals surface area contributed by atoms with Gasteiger partial charge >= 0.3 is 0 Å². The van der Waals surface area contributed by atoms with Gasteiger partial charge in [0.15, 0.2) is 0 Å². The molecule has 2 aliphatic rings. The zero-order valence-corrected chi connectivity index (χ0v) is 15.5. The molecule has 1 atom stereocenters. The number of carbonyl (C=O) groups is 1. The number of fused-ring (bicyclic) bond motifs is 1. The Labute approximate surface area is 155 Å². The third-order valence-corrected chi connectivity index (χ3v) is 5.26. The van der Waals surface area contributed by atoms with Crippen LogP contribution in [0, 0.1) is 12.8 Å². The van der Waals surface area contributed by atoms with Crippen molar-refractivity contribution in [3.05, 3.63) is 59.7 Å². The van der Waals surface area contributed by atoms with Gasteiger partial charge in [-0.3, -0.25) is 14.6 Å². The summed E-state index contributed by atoms with van der Waals surface area (Å²) in [6.45, 7) is 7.09. The molecule has 0 N–H and O–H groups in total. The molecule has 134 valence electrons. The largest absolute Gasteiger partial charge is 0.293 e. The molecule has 26 heavy (non-hydrogen) atoms. The Balaban J connectivity index is 1.65. The molecule has 0 unspecified atom stereocenters. The Kier molecular flexibility index (Phi) is 4.60. The van der Waals surface area contributed by atoms with Gasteiger partial charge in [-0.25, -0.2) is 4.99 Å². The molecule has 1 amide bonds. The summed E-state index contributed by atoms with van der Waals surface area (Å²) in [4.78, 5) is 22.1. The van der Waals surface area contributed by atoms with Crippen molar-refractivity contribution in [3.8, 4) is 0 Å². The predicted molar refractivity (Wildman–Crippen MR) is 106 cm³/mol. The van der Waals surface area contributed by atoms with Crippen LogP contribution in [0.4, 0.5) is 11.4 Å². The van der Waals surface area contributed by atoms with E-state index < -0.39 is 0 Å². The van der Waals surface area contributed by atoms with Crippen molar-refractivity contribution in [1.82, 2.24) is 4.90 Å². The van der Waals surface area contributed by atoms with Crippen LogP contribution in [0.3, 0.4) is 0 Å². The maximum atomic E-state index is 13.2. The molecule has 2 aromatic rings. The number of anilines is 1. The minimum atomic E-state index is 0.00463. The number of aliphatic imine (C=N–C) groups is 1. The van der Waals surface area contributed by atoms with E-state index in [0.717, 1.165) is 30.0 Å². The fraction of sp³-hybridized carbons (Fsp3) is 0.364. The SMILES string of the molecule is Cc1ccc(N=C2C(=O)N(CN3CCC[C@H](C)C3)c3ccccc32)cc1. The Bertz CT molecular complexity index is 841. The van der Waals surface area contributed by atoms with Gasteiger partial charge in [-0.1, -0.05) is 42.8 Å². The normalized spacial score (nSPS) is 22.1. The van der Waals surface area contributed by atoms with Crippen LogP contribution in [0.5, 0.6) is 0 Å². The number of aryl methyl sites for hydroxylation is 1. The lowest BCUT2D eigenvalue weighted by molar-refractivity contribution is -0.112. The molecule has 4 nitrogen and oxygen atoms in total. The van der Waals surface area contributed by atoms with E-state index in [4.69, 9.17) is 0 Å². The first-order valence-electron chi connectivity index (χ1n) is 9.41. The highest BCUT2D eigenvalue weighted by Gasteiger charge is 2.35. The molecular formula is C22H25N3O. The van der Waals surface area contributed by atoms with Crippen LogP contribution in [0.2, 0.25) is 0 Å². The van der Waals surface area contributed by atoms with Crippen LogP contribution in [0.25, 0.3) is 0 Å². The van der Waals surface area contributed by atoms with Crippen LogP contribution in [0.1, 0.15) is 30.9 Å². The third-order valence-electron chi connectivity index (χ3n) is 5.26. The first kappa shape index (κ1) is 17.0. The van der Waals surface area contributed by atoms with Gasteiger partial charge < -0.3 is 0 Å². The lowest BCUT2D eigenvalue weighted by atomic mass is 10.0. The van der Waals surface area contributed by atoms with E-state index in [0.29, 0.717) is 18.3 Å². The summed E-state index contributed by atoms with van der Waals surface area (Å²) in [5.41, 5.74) is 4.47. The highest BCUT2D eigenvalue weighted by molar-refractivity contribution is 6.54. The van der Waals surface area contributed by atoms with Crippen molar-refractivity contribution in [2.24, 2.45) is 10.9 Å². The van der Waals surface area contributed by atoms with Gasteiger partial charge in [0.05, 0.1) is 18.0 Å². The van der Waals surface area contributed by atoms with Gasteiger partial charge in [0.1, 0.15) is 5.71 Å². The molecule has 4 heteroatoms. The number of hydrogen-bond acceptors (Lipinski definition) is 3. The lowest BCUT2D eigenvalue weighted by Crippen LogP contribution is -2.45. The molecule has 0 spiro atoms. The number of hydrogen-bond donors (Lipinski definition) is 0. The zero-order chi connectivity index (χ0) is 18.1. The van der Waals surface area contributed by atoms with E-state index in [2.05, 4.69) is 16.8 Å². The van der Waals surface area contributed by atoms with Crippen molar-refractivity contribution >= 4 is 23.0 Å². The maximum absolute atomic E-state index is 13.2. The average molecular weight is 347 g/mol. The van der Waals surface area contributed by atoms with Gasteiger partial charge in [-0.15, -0.1) is 0 Å². The number of carbonyl (C=O) groups excluding carboxylic acids is 1. The summed E-state index contributed by atoms with van der Waals surface area (Å²) in [5.74, 6) is 0.697. The number of benzene rings is 2. The monoisotopic (exact) mass is 347 g/mol. The second-order valence-electron chi connectivity index (χ2n) is 7.51. The number of rotatable bonds is 3. The second-order valence-corrected chi connectivity index (χ2v) is 7.51. The smallest absolute Gasteiger partial charge is 0.278 e. The van der Waals surface area contributed by atoms with Crippen molar-refractivity contribution in [2.45, 2.75) is 26.7 Å². The maximum Gasteiger partial charge on any atom is 0.278 e. The van der Waals surface area contributed by atoms with Crippen LogP contribution in [-0.4, -0.2) is 36.3 Å². The van der Waals surface area contributed by atoms with E-state index in [-0.39, 0.29) is 5.91 Å². The molecule has 0 bridgehead atoms. The minimum absolute atomic E-state index is 0.00463. The van der Waals surface area contributed by atoms with Crippen LogP contribution < -0.4 is 4.90 Å². The topological polar surface area (TPSA) is 35.9 Å². The molecule has 0 radical (unpaired) electrons. The number of nitrogens with zero attached hydrogens (tertiary/aromatic N) is 3. The number of amides is 1. The first-order valence-corrected chi connectivity index (χ1v) is 9.41. The summed E-state index contributed by atoms with van der Waals surface area (Å²) in [5, 5.41) is 0. The number of para-hydroxylation sites is 1. The predicted octanol–water partition coefficient (Wildman–Crippen LogP) is 4.15. The van der Waals surface area contributed by atoms with Gasteiger partial charge in [0, 0.05) is 12.1 Å². The second kappa shape index (κ2) is 7.04. The molecule has 1 fully saturated rings. The molecule has 2 aliphatic heterocycles. The molecule has 0 aromatic heterocycles. The fourth-order valence-corrected chi connectivity index (χ4v) is 3.87. The van der Waals surface area contributed by atoms with Crippen molar-refractivity contribution < 1.29 is 4.79 Å². The Morgan fingerprint density at radius 3 is 2.65 bits per heavy atom. The van der Waals surface area contributed by atoms with Gasteiger partial charge in [0.25, 0.3) is 5.91 Å². The third kappa shape index (κ3) is 3.29. The van der Waals surface area contributed by atoms with Gasteiger partial charge in [-0.2, -0.15) is 0 Å². The summed E-state index contributed by atoms with van der Waals surface area (Å²) in [6.07, 6.45) is 2.48. The van der Waals surface area contributed by atoms with E-state index >= 15 is 0 Å². The zero-order valence-electron chi connectivity index (χ0n) is 15.5. The minimum Gasteiger partial charge on any atom is -0.293 e. The standard InChI is InChI=1S/C22H25N3O/c1-16-9-11-18(12-10-16)23-21-19-7-3-4-8-20(19)25(22(21)26)15-24-13-5-6-17(2)14-24/h3-4,7-12,17H,5-6,13-15H2,1-2H3/t17-/m0/s1. The van der Waals surface area contributed by atoms with E-state index in [1.165, 1.54) is 18.4 Å². The molecule has 0 saturated carbocycles.